The van der Waals surface area contributed by atoms with Gasteiger partial charge in [0.15, 0.2) is 29.0 Å². The van der Waals surface area contributed by atoms with Crippen LogP contribution in [0.5, 0.6) is 11.5 Å². The third kappa shape index (κ3) is 7.21. The van der Waals surface area contributed by atoms with E-state index >= 15 is 0 Å². The predicted octanol–water partition coefficient (Wildman–Crippen LogP) is 5.10. The minimum absolute atomic E-state index is 0. The predicted molar refractivity (Wildman–Crippen MR) is 135 cm³/mol. The van der Waals surface area contributed by atoms with Gasteiger partial charge in [-0.2, -0.15) is 8.78 Å². The summed E-state index contributed by atoms with van der Waals surface area (Å²) in [6.45, 7) is -1.25. The van der Waals surface area contributed by atoms with E-state index in [1.165, 1.54) is 25.1 Å². The van der Waals surface area contributed by atoms with Crippen LogP contribution >= 0.6 is 12.4 Å². The van der Waals surface area contributed by atoms with Crippen LogP contribution in [0, 0.1) is 17.6 Å². The number of esters is 1. The molecule has 3 aromatic rings. The van der Waals surface area contributed by atoms with Crippen molar-refractivity contribution in [2.45, 2.75) is 38.5 Å². The molecule has 216 valence electrons. The molecule has 0 saturated heterocycles. The van der Waals surface area contributed by atoms with Crippen LogP contribution in [0.15, 0.2) is 40.8 Å². The molecule has 1 fully saturated rings. The largest absolute Gasteiger partial charge is 0.489 e. The third-order valence-electron chi connectivity index (χ3n) is 5.85. The molecule has 0 bridgehead atoms. The summed E-state index contributed by atoms with van der Waals surface area (Å²) in [5.41, 5.74) is 5.58. The van der Waals surface area contributed by atoms with E-state index in [0.29, 0.717) is 18.6 Å². The molecule has 9 nitrogen and oxygen atoms in total. The van der Waals surface area contributed by atoms with E-state index in [4.69, 9.17) is 14.9 Å². The van der Waals surface area contributed by atoms with Gasteiger partial charge in [0.1, 0.15) is 11.6 Å². The lowest BCUT2D eigenvalue weighted by atomic mass is 10.1. The Balaban J connectivity index is 0.00000441. The number of amides is 1. The molecule has 2 aromatic carbocycles. The van der Waals surface area contributed by atoms with Gasteiger partial charge < -0.3 is 29.7 Å². The molecule has 1 amide bonds. The number of hydrogen-bond acceptors (Lipinski definition) is 8. The second-order valence-electron chi connectivity index (χ2n) is 8.91. The average molecular weight is 588 g/mol. The Morgan fingerprint density at radius 3 is 2.48 bits per heavy atom. The van der Waals surface area contributed by atoms with Gasteiger partial charge in [-0.15, -0.1) is 12.4 Å². The van der Waals surface area contributed by atoms with E-state index in [9.17, 15) is 27.2 Å². The number of oxazole rings is 1. The zero-order valence-corrected chi connectivity index (χ0v) is 22.1. The van der Waals surface area contributed by atoms with Crippen LogP contribution in [-0.2, 0) is 9.53 Å². The molecule has 0 spiro atoms. The summed E-state index contributed by atoms with van der Waals surface area (Å²) in [6, 6.07) is 4.00. The highest BCUT2D eigenvalue weighted by molar-refractivity contribution is 5.97. The molecule has 1 heterocycles. The number of alkyl halides is 2. The molecule has 1 saturated carbocycles. The van der Waals surface area contributed by atoms with Gasteiger partial charge in [-0.1, -0.05) is 6.07 Å². The van der Waals surface area contributed by atoms with Crippen molar-refractivity contribution in [2.75, 3.05) is 13.7 Å². The topological polar surface area (TPSA) is 126 Å². The zero-order chi connectivity index (χ0) is 28.3. The summed E-state index contributed by atoms with van der Waals surface area (Å²) in [4.78, 5) is 29.8. The first-order valence-corrected chi connectivity index (χ1v) is 11.9. The van der Waals surface area contributed by atoms with Gasteiger partial charge in [-0.05, 0) is 49.9 Å². The minimum Gasteiger partial charge on any atom is -0.489 e. The maximum atomic E-state index is 14.4. The number of benzene rings is 2. The average Bonchev–Trinajstić information content (AvgIpc) is 3.61. The van der Waals surface area contributed by atoms with E-state index in [2.05, 4.69) is 19.8 Å². The molecule has 2 atom stereocenters. The molecule has 1 aromatic heterocycles. The van der Waals surface area contributed by atoms with E-state index < -0.39 is 42.2 Å². The van der Waals surface area contributed by atoms with Gasteiger partial charge in [0.25, 0.3) is 5.91 Å². The lowest BCUT2D eigenvalue weighted by molar-refractivity contribution is -0.143. The maximum Gasteiger partial charge on any atom is 0.387 e. The number of rotatable bonds is 11. The Kier molecular flexibility index (Phi) is 9.98. The second-order valence-corrected chi connectivity index (χ2v) is 8.91. The number of ether oxygens (including phenoxy) is 3. The van der Waals surface area contributed by atoms with Crippen molar-refractivity contribution in [2.24, 2.45) is 11.7 Å². The first-order valence-electron chi connectivity index (χ1n) is 11.9. The molecule has 3 N–H and O–H groups in total. The van der Waals surface area contributed by atoms with Crippen molar-refractivity contribution < 1.29 is 45.8 Å². The third-order valence-corrected chi connectivity index (χ3v) is 5.85. The van der Waals surface area contributed by atoms with Gasteiger partial charge in [0.05, 0.1) is 19.8 Å². The molecular weight excluding hydrogens is 562 g/mol. The standard InChI is InChI=1S/C26H25F4N3O6.ClH/c1-12(31)22-21(23(34)32-20(25(35)36-2)16-7-6-15(27)10-17(16)28)33-24(39-22)14-5-8-18(38-26(29)30)19(9-14)37-11-13-3-4-13;/h5-10,12-13,20,26H,3-4,11,31H2,1-2H3,(H,32,34);1H/t12-,20+;/m0./s1. The number of hydrogen-bond donors (Lipinski definition) is 2. The summed E-state index contributed by atoms with van der Waals surface area (Å²) >= 11 is 0. The lowest BCUT2D eigenvalue weighted by Gasteiger charge is -2.17. The molecule has 1 aliphatic rings. The normalized spacial score (nSPS) is 14.2. The van der Waals surface area contributed by atoms with Crippen molar-refractivity contribution in [1.82, 2.24) is 10.3 Å². The fourth-order valence-corrected chi connectivity index (χ4v) is 3.68. The number of carbonyl (C=O) groups excluding carboxylic acids is 2. The number of nitrogens with zero attached hydrogens (tertiary/aromatic N) is 1. The van der Waals surface area contributed by atoms with E-state index in [1.807, 2.05) is 0 Å². The van der Waals surface area contributed by atoms with Crippen LogP contribution < -0.4 is 20.5 Å². The van der Waals surface area contributed by atoms with Crippen molar-refractivity contribution in [3.63, 3.8) is 0 Å². The molecule has 0 radical (unpaired) electrons. The highest BCUT2D eigenvalue weighted by Crippen LogP contribution is 2.37. The Morgan fingerprint density at radius 2 is 1.88 bits per heavy atom. The molecule has 4 rings (SSSR count). The monoisotopic (exact) mass is 587 g/mol. The second kappa shape index (κ2) is 13.0. The number of methoxy groups -OCH3 is 1. The van der Waals surface area contributed by atoms with Crippen molar-refractivity contribution in [1.29, 1.82) is 0 Å². The van der Waals surface area contributed by atoms with Crippen LogP contribution in [0.3, 0.4) is 0 Å². The van der Waals surface area contributed by atoms with Crippen molar-refractivity contribution in [3.05, 3.63) is 65.1 Å². The zero-order valence-electron chi connectivity index (χ0n) is 21.3. The SMILES string of the molecule is COC(=O)[C@H](NC(=O)c1nc(-c2ccc(OC(F)F)c(OCC3CC3)c2)oc1[C@H](C)N)c1ccc(F)cc1F.Cl. The maximum absolute atomic E-state index is 14.4. The summed E-state index contributed by atoms with van der Waals surface area (Å²) in [7, 11) is 1.04. The van der Waals surface area contributed by atoms with Gasteiger partial charge in [0.2, 0.25) is 5.89 Å². The van der Waals surface area contributed by atoms with Crippen molar-refractivity contribution in [3.8, 4) is 23.0 Å². The number of nitrogens with two attached hydrogens (primary N) is 1. The number of carbonyl (C=O) groups is 2. The molecule has 0 unspecified atom stereocenters. The van der Waals surface area contributed by atoms with Gasteiger partial charge >= 0.3 is 12.6 Å². The Labute approximate surface area is 232 Å². The summed E-state index contributed by atoms with van der Waals surface area (Å²) < 4.78 is 74.2. The van der Waals surface area contributed by atoms with E-state index in [0.717, 1.165) is 32.1 Å². The molecule has 40 heavy (non-hydrogen) atoms. The lowest BCUT2D eigenvalue weighted by Crippen LogP contribution is -2.36. The van der Waals surface area contributed by atoms with Crippen LogP contribution in [0.2, 0.25) is 0 Å². The highest BCUT2D eigenvalue weighted by Gasteiger charge is 2.31. The Hall–Kier alpha value is -3.84. The van der Waals surface area contributed by atoms with Crippen molar-refractivity contribution >= 4 is 24.3 Å². The van der Waals surface area contributed by atoms with E-state index in [-0.39, 0.29) is 52.4 Å². The molecule has 1 aliphatic carbocycles. The molecule has 0 aliphatic heterocycles. The minimum atomic E-state index is -3.07. The van der Waals surface area contributed by atoms with Gasteiger partial charge in [-0.25, -0.2) is 18.6 Å². The number of nitrogens with one attached hydrogen (secondary N) is 1. The van der Waals surface area contributed by atoms with Gasteiger partial charge in [-0.3, -0.25) is 4.79 Å². The molecular formula is C26H26ClF4N3O6. The van der Waals surface area contributed by atoms with Crippen LogP contribution in [0.4, 0.5) is 17.6 Å². The molecule has 14 heteroatoms. The fraction of sp³-hybridized carbons (Fsp3) is 0.346. The summed E-state index contributed by atoms with van der Waals surface area (Å²) in [6.07, 6.45) is 1.93. The van der Waals surface area contributed by atoms with Crippen LogP contribution in [0.1, 0.15) is 53.7 Å². The fourth-order valence-electron chi connectivity index (χ4n) is 3.68. The quantitative estimate of drug-likeness (QED) is 0.235. The summed E-state index contributed by atoms with van der Waals surface area (Å²) in [5.74, 6) is -3.94. The smallest absolute Gasteiger partial charge is 0.387 e. The van der Waals surface area contributed by atoms with Gasteiger partial charge in [0, 0.05) is 17.2 Å². The first-order chi connectivity index (χ1) is 18.6. The van der Waals surface area contributed by atoms with E-state index in [1.54, 1.807) is 0 Å². The number of halogens is 5. The van der Waals surface area contributed by atoms with Crippen LogP contribution in [0.25, 0.3) is 11.5 Å². The Bertz CT molecular complexity index is 1370. The summed E-state index contributed by atoms with van der Waals surface area (Å²) in [5, 5.41) is 2.32. The first kappa shape index (κ1) is 30.7. The highest BCUT2D eigenvalue weighted by atomic mass is 35.5. The number of aromatic nitrogens is 1. The Morgan fingerprint density at radius 1 is 1.15 bits per heavy atom. The van der Waals surface area contributed by atoms with Crippen LogP contribution in [-0.4, -0.2) is 37.2 Å².